The van der Waals surface area contributed by atoms with Gasteiger partial charge in [0.05, 0.1) is 17.5 Å². The zero-order valence-electron chi connectivity index (χ0n) is 14.1. The van der Waals surface area contributed by atoms with Crippen molar-refractivity contribution in [3.05, 3.63) is 70.3 Å². The summed E-state index contributed by atoms with van der Waals surface area (Å²) in [5.41, 5.74) is 4.32. The largest absolute Gasteiger partial charge is 0.378 e. The van der Waals surface area contributed by atoms with Gasteiger partial charge >= 0.3 is 0 Å². The number of halogens is 1. The summed E-state index contributed by atoms with van der Waals surface area (Å²) in [5.74, 6) is -0.152. The fourth-order valence-electron chi connectivity index (χ4n) is 2.51. The first-order valence-electron chi connectivity index (χ1n) is 7.88. The number of aromatic nitrogens is 2. The van der Waals surface area contributed by atoms with E-state index in [1.807, 2.05) is 67.5 Å². The minimum atomic E-state index is -0.152. The molecule has 6 heteroatoms. The summed E-state index contributed by atoms with van der Waals surface area (Å²) in [6, 6.07) is 15.9. The third kappa shape index (κ3) is 4.09. The number of anilines is 1. The first-order chi connectivity index (χ1) is 12.0. The predicted molar refractivity (Wildman–Crippen MR) is 104 cm³/mol. The molecule has 0 fully saturated rings. The predicted octanol–water partition coefficient (Wildman–Crippen LogP) is 3.84. The molecule has 0 aliphatic heterocycles. The molecule has 2 aromatic carbocycles. The minimum absolute atomic E-state index is 0.152. The molecule has 128 valence electrons. The third-order valence-corrected chi connectivity index (χ3v) is 4.40. The van der Waals surface area contributed by atoms with E-state index in [9.17, 15) is 4.79 Å². The van der Waals surface area contributed by atoms with Crippen LogP contribution in [0.4, 0.5) is 5.69 Å². The molecule has 0 atom stereocenters. The highest BCUT2D eigenvalue weighted by Crippen LogP contribution is 2.24. The maximum Gasteiger partial charge on any atom is 0.255 e. The number of hydrogen-bond donors (Lipinski definition) is 2. The van der Waals surface area contributed by atoms with E-state index in [0.29, 0.717) is 17.8 Å². The van der Waals surface area contributed by atoms with Crippen molar-refractivity contribution in [3.8, 4) is 11.3 Å². The average molecular weight is 399 g/mol. The molecule has 1 amide bonds. The smallest absolute Gasteiger partial charge is 0.255 e. The molecule has 3 rings (SSSR count). The Morgan fingerprint density at radius 3 is 2.64 bits per heavy atom. The summed E-state index contributed by atoms with van der Waals surface area (Å²) in [7, 11) is 4.00. The number of rotatable bonds is 5. The molecule has 2 N–H and O–H groups in total. The number of benzene rings is 2. The molecule has 3 aromatic rings. The summed E-state index contributed by atoms with van der Waals surface area (Å²) in [4.78, 5) is 14.6. The van der Waals surface area contributed by atoms with Crippen molar-refractivity contribution in [2.75, 3.05) is 19.0 Å². The second-order valence-electron chi connectivity index (χ2n) is 5.91. The van der Waals surface area contributed by atoms with Crippen molar-refractivity contribution in [1.29, 1.82) is 0 Å². The first-order valence-corrected chi connectivity index (χ1v) is 8.67. The highest BCUT2D eigenvalue weighted by atomic mass is 79.9. The van der Waals surface area contributed by atoms with E-state index in [4.69, 9.17) is 0 Å². The van der Waals surface area contributed by atoms with E-state index >= 15 is 0 Å². The van der Waals surface area contributed by atoms with Gasteiger partial charge in [0.2, 0.25) is 0 Å². The van der Waals surface area contributed by atoms with Crippen LogP contribution < -0.4 is 10.2 Å². The van der Waals surface area contributed by atoms with E-state index < -0.39 is 0 Å². The highest BCUT2D eigenvalue weighted by Gasteiger charge is 2.15. The molecule has 0 spiro atoms. The number of carbonyl (C=O) groups excluding carboxylic acids is 1. The normalized spacial score (nSPS) is 10.5. The van der Waals surface area contributed by atoms with Crippen LogP contribution >= 0.6 is 15.9 Å². The van der Waals surface area contributed by atoms with Crippen molar-refractivity contribution >= 4 is 27.5 Å². The number of amides is 1. The van der Waals surface area contributed by atoms with Crippen LogP contribution in [0.25, 0.3) is 11.3 Å². The molecule has 25 heavy (non-hydrogen) atoms. The van der Waals surface area contributed by atoms with Crippen LogP contribution in [0.3, 0.4) is 0 Å². The lowest BCUT2D eigenvalue weighted by molar-refractivity contribution is 0.0951. The zero-order chi connectivity index (χ0) is 17.8. The Balaban J connectivity index is 1.71. The number of aromatic amines is 1. The fourth-order valence-corrected chi connectivity index (χ4v) is 2.91. The SMILES string of the molecule is CN(C)c1ccc(CNC(=O)c2cn[nH]c2-c2cccc(Br)c2)cc1. The average Bonchev–Trinajstić information content (AvgIpc) is 3.10. The summed E-state index contributed by atoms with van der Waals surface area (Å²) in [6.07, 6.45) is 1.56. The van der Waals surface area contributed by atoms with Crippen molar-refractivity contribution < 1.29 is 4.79 Å². The molecular weight excluding hydrogens is 380 g/mol. The molecular formula is C19H19BrN4O. The summed E-state index contributed by atoms with van der Waals surface area (Å²) >= 11 is 3.45. The Hall–Kier alpha value is -2.60. The Labute approximate surface area is 155 Å². The molecule has 0 aliphatic rings. The molecule has 0 saturated heterocycles. The van der Waals surface area contributed by atoms with E-state index in [1.54, 1.807) is 6.20 Å². The van der Waals surface area contributed by atoms with Gasteiger partial charge < -0.3 is 10.2 Å². The molecule has 5 nitrogen and oxygen atoms in total. The monoisotopic (exact) mass is 398 g/mol. The first kappa shape index (κ1) is 17.2. The summed E-state index contributed by atoms with van der Waals surface area (Å²) in [5, 5.41) is 9.89. The zero-order valence-corrected chi connectivity index (χ0v) is 15.7. The summed E-state index contributed by atoms with van der Waals surface area (Å²) in [6.45, 7) is 0.468. The number of nitrogens with one attached hydrogen (secondary N) is 2. The number of H-pyrrole nitrogens is 1. The maximum atomic E-state index is 12.5. The maximum absolute atomic E-state index is 12.5. The molecule has 0 radical (unpaired) electrons. The lowest BCUT2D eigenvalue weighted by atomic mass is 10.1. The van der Waals surface area contributed by atoms with Gasteiger partial charge in [-0.15, -0.1) is 0 Å². The van der Waals surface area contributed by atoms with Gasteiger partial charge in [-0.2, -0.15) is 5.10 Å². The van der Waals surface area contributed by atoms with Gasteiger partial charge in [0.25, 0.3) is 5.91 Å². The van der Waals surface area contributed by atoms with Crippen molar-refractivity contribution in [2.45, 2.75) is 6.54 Å². The van der Waals surface area contributed by atoms with Crippen molar-refractivity contribution in [2.24, 2.45) is 0 Å². The fraction of sp³-hybridized carbons (Fsp3) is 0.158. The van der Waals surface area contributed by atoms with Crippen LogP contribution in [0.5, 0.6) is 0 Å². The van der Waals surface area contributed by atoms with Crippen LogP contribution in [-0.2, 0) is 6.54 Å². The van der Waals surface area contributed by atoms with Crippen LogP contribution in [0, 0.1) is 0 Å². The van der Waals surface area contributed by atoms with Crippen molar-refractivity contribution in [1.82, 2.24) is 15.5 Å². The Kier molecular flexibility index (Phi) is 5.19. The Bertz CT molecular complexity index is 871. The van der Waals surface area contributed by atoms with E-state index in [0.717, 1.165) is 21.3 Å². The minimum Gasteiger partial charge on any atom is -0.378 e. The molecule has 0 aliphatic carbocycles. The Morgan fingerprint density at radius 1 is 1.20 bits per heavy atom. The van der Waals surface area contributed by atoms with Gasteiger partial charge in [-0.1, -0.05) is 40.2 Å². The van der Waals surface area contributed by atoms with E-state index in [1.165, 1.54) is 0 Å². The van der Waals surface area contributed by atoms with E-state index in [-0.39, 0.29) is 5.91 Å². The molecule has 0 saturated carbocycles. The number of carbonyl (C=O) groups is 1. The second-order valence-corrected chi connectivity index (χ2v) is 6.83. The highest BCUT2D eigenvalue weighted by molar-refractivity contribution is 9.10. The molecule has 1 aromatic heterocycles. The number of nitrogens with zero attached hydrogens (tertiary/aromatic N) is 2. The van der Waals surface area contributed by atoms with Gasteiger partial charge in [-0.3, -0.25) is 9.89 Å². The van der Waals surface area contributed by atoms with E-state index in [2.05, 4.69) is 31.4 Å². The van der Waals surface area contributed by atoms with Crippen molar-refractivity contribution in [3.63, 3.8) is 0 Å². The lowest BCUT2D eigenvalue weighted by Gasteiger charge is -2.13. The standard InChI is InChI=1S/C19H19BrN4O/c1-24(2)16-8-6-13(7-9-16)11-21-19(25)17-12-22-23-18(17)14-4-3-5-15(20)10-14/h3-10,12H,11H2,1-2H3,(H,21,25)(H,22,23). The van der Waals surface area contributed by atoms with Crippen LogP contribution in [0.2, 0.25) is 0 Å². The third-order valence-electron chi connectivity index (χ3n) is 3.90. The summed E-state index contributed by atoms with van der Waals surface area (Å²) < 4.78 is 0.951. The van der Waals surface area contributed by atoms with Crippen LogP contribution in [0.15, 0.2) is 59.2 Å². The quantitative estimate of drug-likeness (QED) is 0.686. The lowest BCUT2D eigenvalue weighted by Crippen LogP contribution is -2.23. The molecule has 0 bridgehead atoms. The molecule has 0 unspecified atom stereocenters. The molecule has 1 heterocycles. The topological polar surface area (TPSA) is 61.0 Å². The van der Waals surface area contributed by atoms with Gasteiger partial charge in [-0.25, -0.2) is 0 Å². The van der Waals surface area contributed by atoms with Gasteiger partial charge in [-0.05, 0) is 29.8 Å². The van der Waals surface area contributed by atoms with Gasteiger partial charge in [0.1, 0.15) is 0 Å². The van der Waals surface area contributed by atoms with Gasteiger partial charge in [0, 0.05) is 36.4 Å². The second kappa shape index (κ2) is 7.53. The Morgan fingerprint density at radius 2 is 1.96 bits per heavy atom. The van der Waals surface area contributed by atoms with Gasteiger partial charge in [0.15, 0.2) is 0 Å². The number of hydrogen-bond acceptors (Lipinski definition) is 3. The van der Waals surface area contributed by atoms with Crippen LogP contribution in [-0.4, -0.2) is 30.2 Å². The van der Waals surface area contributed by atoms with Crippen LogP contribution in [0.1, 0.15) is 15.9 Å².